The molecule has 0 unspecified atom stereocenters. The highest BCUT2D eigenvalue weighted by molar-refractivity contribution is 9.10. The average molecular weight is 381 g/mol. The summed E-state index contributed by atoms with van der Waals surface area (Å²) in [4.78, 5) is -0.147. The van der Waals surface area contributed by atoms with Crippen molar-refractivity contribution in [1.82, 2.24) is 0 Å². The Kier molecular flexibility index (Phi) is 4.22. The molecule has 0 aliphatic rings. The van der Waals surface area contributed by atoms with Gasteiger partial charge < -0.3 is 5.11 Å². The average Bonchev–Trinajstić information content (AvgIpc) is 2.32. The Morgan fingerprint density at radius 2 is 1.90 bits per heavy atom. The molecule has 0 aromatic heterocycles. The lowest BCUT2D eigenvalue weighted by atomic mass is 10.3. The molecule has 0 radical (unpaired) electrons. The quantitative estimate of drug-likeness (QED) is 0.797. The van der Waals surface area contributed by atoms with Crippen molar-refractivity contribution in [2.45, 2.75) is 4.90 Å². The molecular weight excluding hydrogens is 373 g/mol. The first-order valence-corrected chi connectivity index (χ1v) is 7.91. The van der Waals surface area contributed by atoms with Crippen LogP contribution < -0.4 is 4.72 Å². The molecular formula is C12H8BrClFNO3S. The molecule has 0 spiro atoms. The maximum atomic E-state index is 12.8. The second-order valence-corrected chi connectivity index (χ2v) is 6.82. The Bertz CT molecular complexity index is 767. The topological polar surface area (TPSA) is 66.4 Å². The molecule has 20 heavy (non-hydrogen) atoms. The first kappa shape index (κ1) is 15.1. The first-order valence-electron chi connectivity index (χ1n) is 5.26. The Balaban J connectivity index is 2.41. The zero-order valence-corrected chi connectivity index (χ0v) is 12.9. The van der Waals surface area contributed by atoms with Crippen molar-refractivity contribution in [3.8, 4) is 5.75 Å². The van der Waals surface area contributed by atoms with Crippen LogP contribution in [0.3, 0.4) is 0 Å². The Morgan fingerprint density at radius 3 is 2.50 bits per heavy atom. The Morgan fingerprint density at radius 1 is 1.20 bits per heavy atom. The summed E-state index contributed by atoms with van der Waals surface area (Å²) in [6, 6.07) is 7.22. The molecule has 0 heterocycles. The van der Waals surface area contributed by atoms with Crippen molar-refractivity contribution in [3.63, 3.8) is 0 Å². The van der Waals surface area contributed by atoms with Gasteiger partial charge in [0.1, 0.15) is 16.5 Å². The minimum Gasteiger partial charge on any atom is -0.506 e. The zero-order chi connectivity index (χ0) is 14.9. The maximum Gasteiger partial charge on any atom is 0.263 e. The molecule has 106 valence electrons. The lowest BCUT2D eigenvalue weighted by Gasteiger charge is -2.11. The van der Waals surface area contributed by atoms with E-state index >= 15 is 0 Å². The second kappa shape index (κ2) is 5.59. The van der Waals surface area contributed by atoms with E-state index in [2.05, 4.69) is 20.7 Å². The predicted octanol–water partition coefficient (Wildman–Crippen LogP) is 3.75. The fraction of sp³-hybridized carbons (Fsp3) is 0. The predicted molar refractivity (Wildman–Crippen MR) is 78.0 cm³/mol. The summed E-state index contributed by atoms with van der Waals surface area (Å²) in [7, 11) is -3.98. The number of anilines is 1. The molecule has 8 heteroatoms. The Hall–Kier alpha value is -1.31. The van der Waals surface area contributed by atoms with Crippen molar-refractivity contribution in [2.24, 2.45) is 0 Å². The van der Waals surface area contributed by atoms with Crippen LogP contribution in [0.5, 0.6) is 5.75 Å². The van der Waals surface area contributed by atoms with Gasteiger partial charge in [-0.1, -0.05) is 27.5 Å². The summed E-state index contributed by atoms with van der Waals surface area (Å²) in [6.07, 6.45) is 0. The standard InChI is InChI=1S/C12H8BrClFNO3S/c13-7-1-4-12(9(14)5-7)20(18,19)16-10-3-2-8(15)6-11(10)17/h1-6,16-17H. The molecule has 0 saturated heterocycles. The molecule has 2 rings (SSSR count). The fourth-order valence-electron chi connectivity index (χ4n) is 1.48. The van der Waals surface area contributed by atoms with Crippen LogP contribution in [0.2, 0.25) is 5.02 Å². The number of halogens is 3. The number of aromatic hydroxyl groups is 1. The van der Waals surface area contributed by atoms with E-state index in [-0.39, 0.29) is 15.6 Å². The lowest BCUT2D eigenvalue weighted by Crippen LogP contribution is -2.13. The van der Waals surface area contributed by atoms with E-state index in [0.717, 1.165) is 18.2 Å². The van der Waals surface area contributed by atoms with Gasteiger partial charge in [0.05, 0.1) is 10.7 Å². The van der Waals surface area contributed by atoms with Gasteiger partial charge in [-0.05, 0) is 30.3 Å². The molecule has 2 N–H and O–H groups in total. The zero-order valence-electron chi connectivity index (χ0n) is 9.77. The number of hydrogen-bond donors (Lipinski definition) is 2. The van der Waals surface area contributed by atoms with Crippen molar-refractivity contribution in [1.29, 1.82) is 0 Å². The smallest absolute Gasteiger partial charge is 0.263 e. The highest BCUT2D eigenvalue weighted by atomic mass is 79.9. The van der Waals surface area contributed by atoms with Crippen molar-refractivity contribution < 1.29 is 17.9 Å². The number of nitrogens with one attached hydrogen (secondary N) is 1. The minimum atomic E-state index is -3.98. The summed E-state index contributed by atoms with van der Waals surface area (Å²) in [5, 5.41) is 9.53. The largest absolute Gasteiger partial charge is 0.506 e. The number of phenols is 1. The summed E-state index contributed by atoms with van der Waals surface area (Å²) in [5.74, 6) is -1.19. The highest BCUT2D eigenvalue weighted by Gasteiger charge is 2.19. The molecule has 0 bridgehead atoms. The van der Waals surface area contributed by atoms with E-state index in [1.54, 1.807) is 0 Å². The molecule has 0 aliphatic carbocycles. The third-order valence-corrected chi connectivity index (χ3v) is 4.73. The van der Waals surface area contributed by atoms with Crippen molar-refractivity contribution in [2.75, 3.05) is 4.72 Å². The molecule has 2 aromatic carbocycles. The van der Waals surface area contributed by atoms with Crippen molar-refractivity contribution in [3.05, 3.63) is 51.7 Å². The van der Waals surface area contributed by atoms with Gasteiger partial charge in [0.15, 0.2) is 0 Å². The van der Waals surface area contributed by atoms with Gasteiger partial charge in [0, 0.05) is 10.5 Å². The lowest BCUT2D eigenvalue weighted by molar-refractivity contribution is 0.471. The Labute approximate surface area is 128 Å². The minimum absolute atomic E-state index is 0.0217. The van der Waals surface area contributed by atoms with E-state index in [1.807, 2.05) is 0 Å². The van der Waals surface area contributed by atoms with Crippen LogP contribution in [0, 0.1) is 5.82 Å². The third-order valence-electron chi connectivity index (χ3n) is 2.39. The third kappa shape index (κ3) is 3.23. The second-order valence-electron chi connectivity index (χ2n) is 3.84. The van der Waals surface area contributed by atoms with Gasteiger partial charge >= 0.3 is 0 Å². The normalized spacial score (nSPS) is 11.3. The maximum absolute atomic E-state index is 12.8. The highest BCUT2D eigenvalue weighted by Crippen LogP contribution is 2.30. The monoisotopic (exact) mass is 379 g/mol. The van der Waals surface area contributed by atoms with Gasteiger partial charge in [-0.15, -0.1) is 0 Å². The van der Waals surface area contributed by atoms with Gasteiger partial charge in [-0.2, -0.15) is 0 Å². The number of rotatable bonds is 3. The van der Waals surface area contributed by atoms with Gasteiger partial charge in [-0.25, -0.2) is 12.8 Å². The number of hydrogen-bond acceptors (Lipinski definition) is 3. The van der Waals surface area contributed by atoms with Crippen LogP contribution in [0.1, 0.15) is 0 Å². The molecule has 0 amide bonds. The summed E-state index contributed by atoms with van der Waals surface area (Å²) in [6.45, 7) is 0. The first-order chi connectivity index (χ1) is 9.29. The van der Waals surface area contributed by atoms with Crippen LogP contribution in [0.25, 0.3) is 0 Å². The van der Waals surface area contributed by atoms with Crippen LogP contribution in [-0.2, 0) is 10.0 Å². The van der Waals surface area contributed by atoms with E-state index in [9.17, 15) is 17.9 Å². The number of benzene rings is 2. The van der Waals surface area contributed by atoms with Crippen LogP contribution >= 0.6 is 27.5 Å². The SMILES string of the molecule is O=S(=O)(Nc1ccc(F)cc1O)c1ccc(Br)cc1Cl. The van der Waals surface area contributed by atoms with Gasteiger partial charge in [-0.3, -0.25) is 4.72 Å². The number of sulfonamides is 1. The molecule has 0 aliphatic heterocycles. The molecule has 0 saturated carbocycles. The fourth-order valence-corrected chi connectivity index (χ4v) is 3.60. The summed E-state index contributed by atoms with van der Waals surface area (Å²) < 4.78 is 39.9. The van der Waals surface area contributed by atoms with Crippen LogP contribution in [0.15, 0.2) is 45.8 Å². The van der Waals surface area contributed by atoms with Crippen LogP contribution in [-0.4, -0.2) is 13.5 Å². The van der Waals surface area contributed by atoms with Crippen LogP contribution in [0.4, 0.5) is 10.1 Å². The van der Waals surface area contributed by atoms with E-state index < -0.39 is 21.6 Å². The molecule has 4 nitrogen and oxygen atoms in total. The molecule has 0 atom stereocenters. The van der Waals surface area contributed by atoms with Crippen molar-refractivity contribution >= 4 is 43.2 Å². The van der Waals surface area contributed by atoms with E-state index in [1.165, 1.54) is 18.2 Å². The molecule has 2 aromatic rings. The van der Waals surface area contributed by atoms with Gasteiger partial charge in [0.25, 0.3) is 10.0 Å². The summed E-state index contributed by atoms with van der Waals surface area (Å²) >= 11 is 9.04. The van der Waals surface area contributed by atoms with Gasteiger partial charge in [0.2, 0.25) is 0 Å². The number of phenolic OH excluding ortho intramolecular Hbond substituents is 1. The van der Waals surface area contributed by atoms with E-state index in [4.69, 9.17) is 11.6 Å². The molecule has 0 fully saturated rings. The van der Waals surface area contributed by atoms with E-state index in [0.29, 0.717) is 4.47 Å². The summed E-state index contributed by atoms with van der Waals surface area (Å²) in [5.41, 5.74) is -0.134.